The third-order valence-corrected chi connectivity index (χ3v) is 5.80. The maximum absolute atomic E-state index is 13.4. The fourth-order valence-electron chi connectivity index (χ4n) is 2.82. The standard InChI is InChI=1S/C24H32F3O6P/c1-3-5-11-17-29-20-13-7-9-15-22(20)32-34(28,31-19-24(25,26)27)33-23-16-10-8-14-21(23)30-18-12-6-4-2/h7-10,13-16H,3-6,11-12,17-19H2,1-2H3. The van der Waals surface area contributed by atoms with Crippen molar-refractivity contribution >= 4 is 7.82 Å². The lowest BCUT2D eigenvalue weighted by atomic mass is 10.3. The first kappa shape index (κ1) is 27.9. The summed E-state index contributed by atoms with van der Waals surface area (Å²) in [6.45, 7) is 3.03. The molecule has 0 aliphatic carbocycles. The van der Waals surface area contributed by atoms with Gasteiger partial charge in [0.1, 0.15) is 0 Å². The van der Waals surface area contributed by atoms with Crippen molar-refractivity contribution in [3.05, 3.63) is 48.5 Å². The SMILES string of the molecule is CCCCCOc1ccccc1OP(=O)(OCC(F)(F)F)Oc1ccccc1OCCCCC. The van der Waals surface area contributed by atoms with Crippen molar-refractivity contribution in [2.24, 2.45) is 0 Å². The Bertz CT molecular complexity index is 845. The van der Waals surface area contributed by atoms with Crippen LogP contribution < -0.4 is 18.5 Å². The lowest BCUT2D eigenvalue weighted by Gasteiger charge is -2.22. The molecule has 0 heterocycles. The zero-order valence-corrected chi connectivity index (χ0v) is 20.4. The highest BCUT2D eigenvalue weighted by Crippen LogP contribution is 2.53. The number of para-hydroxylation sites is 4. The largest absolute Gasteiger partial charge is 0.588 e. The van der Waals surface area contributed by atoms with E-state index in [4.69, 9.17) is 18.5 Å². The summed E-state index contributed by atoms with van der Waals surface area (Å²) in [7, 11) is -4.78. The maximum Gasteiger partial charge on any atom is 0.588 e. The number of phosphoric acid groups is 1. The van der Waals surface area contributed by atoms with Crippen LogP contribution >= 0.6 is 7.82 Å². The topological polar surface area (TPSA) is 63.2 Å². The number of benzene rings is 2. The Morgan fingerprint density at radius 3 is 1.50 bits per heavy atom. The van der Waals surface area contributed by atoms with Crippen molar-refractivity contribution in [3.63, 3.8) is 0 Å². The minimum Gasteiger partial charge on any atom is -0.490 e. The molecule has 0 unspecified atom stereocenters. The van der Waals surface area contributed by atoms with Crippen LogP contribution in [0.4, 0.5) is 13.2 Å². The number of ether oxygens (including phenoxy) is 2. The Labute approximate surface area is 198 Å². The van der Waals surface area contributed by atoms with E-state index in [1.807, 2.05) is 13.8 Å². The first-order chi connectivity index (χ1) is 16.3. The zero-order valence-electron chi connectivity index (χ0n) is 19.5. The van der Waals surface area contributed by atoms with Crippen molar-refractivity contribution < 1.29 is 40.8 Å². The number of hydrogen-bond donors (Lipinski definition) is 0. The molecule has 0 atom stereocenters. The number of alkyl halides is 3. The normalized spacial score (nSPS) is 11.8. The molecule has 190 valence electrons. The van der Waals surface area contributed by atoms with Gasteiger partial charge in [0.25, 0.3) is 0 Å². The number of halogens is 3. The van der Waals surface area contributed by atoms with E-state index < -0.39 is 20.6 Å². The Hall–Kier alpha value is -2.38. The Morgan fingerprint density at radius 2 is 1.12 bits per heavy atom. The lowest BCUT2D eigenvalue weighted by Crippen LogP contribution is -2.19. The first-order valence-electron chi connectivity index (χ1n) is 11.4. The molecule has 6 nitrogen and oxygen atoms in total. The van der Waals surface area contributed by atoms with Crippen LogP contribution in [0.1, 0.15) is 52.4 Å². The van der Waals surface area contributed by atoms with Crippen LogP contribution in [0.2, 0.25) is 0 Å². The summed E-state index contributed by atoms with van der Waals surface area (Å²) >= 11 is 0. The van der Waals surface area contributed by atoms with Crippen LogP contribution in [-0.4, -0.2) is 26.0 Å². The summed E-state index contributed by atoms with van der Waals surface area (Å²) in [4.78, 5) is 0. The van der Waals surface area contributed by atoms with Crippen molar-refractivity contribution in [2.75, 3.05) is 19.8 Å². The summed E-state index contributed by atoms with van der Waals surface area (Å²) in [6, 6.07) is 12.5. The van der Waals surface area contributed by atoms with E-state index in [9.17, 15) is 17.7 Å². The molecular formula is C24H32F3O6P. The fraction of sp³-hybridized carbons (Fsp3) is 0.500. The van der Waals surface area contributed by atoms with Crippen LogP contribution in [0.3, 0.4) is 0 Å². The second-order valence-corrected chi connectivity index (χ2v) is 9.04. The van der Waals surface area contributed by atoms with E-state index in [0.29, 0.717) is 13.2 Å². The van der Waals surface area contributed by atoms with Gasteiger partial charge in [-0.2, -0.15) is 13.2 Å². The van der Waals surface area contributed by atoms with Gasteiger partial charge in [-0.3, -0.25) is 4.52 Å². The average molecular weight is 504 g/mol. The smallest absolute Gasteiger partial charge is 0.490 e. The Morgan fingerprint density at radius 1 is 0.706 bits per heavy atom. The number of unbranched alkanes of at least 4 members (excludes halogenated alkanes) is 4. The molecule has 0 aromatic heterocycles. The highest BCUT2D eigenvalue weighted by molar-refractivity contribution is 7.49. The van der Waals surface area contributed by atoms with Crippen LogP contribution in [-0.2, 0) is 9.09 Å². The summed E-state index contributed by atoms with van der Waals surface area (Å²) in [6.07, 6.45) is 0.724. The molecule has 2 aromatic carbocycles. The molecule has 0 N–H and O–H groups in total. The average Bonchev–Trinajstić information content (AvgIpc) is 2.80. The number of rotatable bonds is 16. The van der Waals surface area contributed by atoms with Crippen LogP contribution in [0.5, 0.6) is 23.0 Å². The van der Waals surface area contributed by atoms with Gasteiger partial charge in [-0.05, 0) is 37.1 Å². The lowest BCUT2D eigenvalue weighted by molar-refractivity contribution is -0.156. The molecule has 2 aromatic rings. The second kappa shape index (κ2) is 14.1. The van der Waals surface area contributed by atoms with Gasteiger partial charge in [0.05, 0.1) is 13.2 Å². The van der Waals surface area contributed by atoms with E-state index in [2.05, 4.69) is 4.52 Å². The summed E-state index contributed by atoms with van der Waals surface area (Å²) < 4.78 is 78.9. The maximum atomic E-state index is 13.4. The van der Waals surface area contributed by atoms with Crippen LogP contribution in [0.15, 0.2) is 48.5 Å². The highest BCUT2D eigenvalue weighted by Gasteiger charge is 2.39. The van der Waals surface area contributed by atoms with Gasteiger partial charge in [0, 0.05) is 0 Å². The number of hydrogen-bond acceptors (Lipinski definition) is 6. The highest BCUT2D eigenvalue weighted by atomic mass is 31.2. The summed E-state index contributed by atoms with van der Waals surface area (Å²) in [5.41, 5.74) is 0. The van der Waals surface area contributed by atoms with Crippen molar-refractivity contribution in [1.29, 1.82) is 0 Å². The quantitative estimate of drug-likeness (QED) is 0.171. The van der Waals surface area contributed by atoms with Crippen molar-refractivity contribution in [3.8, 4) is 23.0 Å². The van der Waals surface area contributed by atoms with Crippen LogP contribution in [0.25, 0.3) is 0 Å². The molecule has 0 aliphatic heterocycles. The third-order valence-electron chi connectivity index (χ3n) is 4.52. The van der Waals surface area contributed by atoms with Gasteiger partial charge in [-0.15, -0.1) is 0 Å². The van der Waals surface area contributed by atoms with E-state index in [1.165, 1.54) is 12.1 Å². The summed E-state index contributed by atoms with van der Waals surface area (Å²) in [5, 5.41) is 0. The van der Waals surface area contributed by atoms with E-state index in [-0.39, 0.29) is 23.0 Å². The van der Waals surface area contributed by atoms with Gasteiger partial charge in [-0.25, -0.2) is 4.57 Å². The van der Waals surface area contributed by atoms with E-state index in [1.54, 1.807) is 36.4 Å². The van der Waals surface area contributed by atoms with Crippen LogP contribution in [0, 0.1) is 0 Å². The monoisotopic (exact) mass is 504 g/mol. The van der Waals surface area contributed by atoms with Crippen molar-refractivity contribution in [2.45, 2.75) is 58.5 Å². The number of phosphoric ester groups is 1. The van der Waals surface area contributed by atoms with Crippen molar-refractivity contribution in [1.82, 2.24) is 0 Å². The zero-order chi connectivity index (χ0) is 24.9. The molecular weight excluding hydrogens is 472 g/mol. The first-order valence-corrected chi connectivity index (χ1v) is 12.9. The molecule has 34 heavy (non-hydrogen) atoms. The van der Waals surface area contributed by atoms with Gasteiger partial charge in [0.15, 0.2) is 29.6 Å². The van der Waals surface area contributed by atoms with Gasteiger partial charge < -0.3 is 18.5 Å². The molecule has 0 fully saturated rings. The molecule has 10 heteroatoms. The van der Waals surface area contributed by atoms with Gasteiger partial charge in [-0.1, -0.05) is 63.8 Å². The minimum absolute atomic E-state index is 0.0501. The van der Waals surface area contributed by atoms with Gasteiger partial charge >= 0.3 is 14.0 Å². The van der Waals surface area contributed by atoms with E-state index >= 15 is 0 Å². The molecule has 2 rings (SSSR count). The fourth-order valence-corrected chi connectivity index (χ4v) is 4.05. The summed E-state index contributed by atoms with van der Waals surface area (Å²) in [5.74, 6) is 0.348. The molecule has 0 amide bonds. The minimum atomic E-state index is -4.78. The van der Waals surface area contributed by atoms with E-state index in [0.717, 1.165) is 38.5 Å². The van der Waals surface area contributed by atoms with Gasteiger partial charge in [0.2, 0.25) is 0 Å². The Balaban J connectivity index is 2.24. The molecule has 0 saturated heterocycles. The molecule has 0 saturated carbocycles. The Kier molecular flexibility index (Phi) is 11.6. The third kappa shape index (κ3) is 10.3. The molecule has 0 spiro atoms. The second-order valence-electron chi connectivity index (χ2n) is 7.52. The predicted molar refractivity (Wildman–Crippen MR) is 124 cm³/mol. The molecule has 0 aliphatic rings. The predicted octanol–water partition coefficient (Wildman–Crippen LogP) is 7.97. The molecule has 0 bridgehead atoms. The molecule has 0 radical (unpaired) electrons.